The fourth-order valence-corrected chi connectivity index (χ4v) is 5.71. The molecule has 0 saturated heterocycles. The van der Waals surface area contributed by atoms with Gasteiger partial charge in [-0.25, -0.2) is 16.8 Å². The molecule has 0 fully saturated rings. The maximum atomic E-state index is 13.8. The second kappa shape index (κ2) is 7.38. The van der Waals surface area contributed by atoms with Crippen molar-refractivity contribution in [3.05, 3.63) is 89.7 Å². The first-order valence-electron chi connectivity index (χ1n) is 9.98. The van der Waals surface area contributed by atoms with E-state index in [1.807, 2.05) is 30.3 Å². The van der Waals surface area contributed by atoms with Crippen LogP contribution in [0.15, 0.2) is 77.7 Å². The predicted octanol–water partition coefficient (Wildman–Crippen LogP) is 4.37. The quantitative estimate of drug-likeness (QED) is 0.535. The third-order valence-corrected chi connectivity index (χ3v) is 7.39. The lowest BCUT2D eigenvalue weighted by atomic mass is 10.0. The number of rotatable bonds is 3. The molecule has 6 heteroatoms. The highest BCUT2D eigenvalue weighted by Gasteiger charge is 2.25. The summed E-state index contributed by atoms with van der Waals surface area (Å²) in [6, 6.07) is 20.6. The zero-order valence-corrected chi connectivity index (χ0v) is 17.1. The average molecular weight is 421 g/mol. The van der Waals surface area contributed by atoms with Gasteiger partial charge in [-0.1, -0.05) is 24.3 Å². The predicted molar refractivity (Wildman–Crippen MR) is 117 cm³/mol. The standard InChI is InChI=1S/C24H21FN2O2S/c25-21-8-5-18(6-9-21)24-16-20-3-1-2-4-23(20)27(24)30(28,29)22-10-7-17-11-13-26-14-12-19(17)15-22/h1-10,15-16,26H,11-14H2. The zero-order valence-electron chi connectivity index (χ0n) is 16.3. The van der Waals surface area contributed by atoms with Crippen LogP contribution in [0, 0.1) is 5.82 Å². The number of nitrogens with one attached hydrogen (secondary N) is 1. The molecule has 0 aliphatic carbocycles. The monoisotopic (exact) mass is 420 g/mol. The van der Waals surface area contributed by atoms with Crippen LogP contribution < -0.4 is 5.32 Å². The van der Waals surface area contributed by atoms with E-state index in [0.29, 0.717) is 16.8 Å². The molecule has 152 valence electrons. The molecule has 5 rings (SSSR count). The van der Waals surface area contributed by atoms with E-state index >= 15 is 0 Å². The number of fused-ring (bicyclic) bond motifs is 2. The number of aromatic nitrogens is 1. The molecule has 1 aliphatic rings. The van der Waals surface area contributed by atoms with Gasteiger partial charge in [0.2, 0.25) is 0 Å². The van der Waals surface area contributed by atoms with Crippen LogP contribution in [0.3, 0.4) is 0 Å². The molecule has 0 radical (unpaired) electrons. The van der Waals surface area contributed by atoms with E-state index in [4.69, 9.17) is 0 Å². The molecule has 0 bridgehead atoms. The number of hydrogen-bond acceptors (Lipinski definition) is 3. The largest absolute Gasteiger partial charge is 0.316 e. The average Bonchev–Trinajstić information content (AvgIpc) is 2.99. The molecule has 1 N–H and O–H groups in total. The van der Waals surface area contributed by atoms with Gasteiger partial charge >= 0.3 is 0 Å². The van der Waals surface area contributed by atoms with Crippen molar-refractivity contribution >= 4 is 20.9 Å². The van der Waals surface area contributed by atoms with Crippen LogP contribution in [-0.2, 0) is 22.9 Å². The Kier molecular flexibility index (Phi) is 4.68. The normalized spacial score (nSPS) is 14.4. The maximum Gasteiger partial charge on any atom is 0.268 e. The Balaban J connectivity index is 1.73. The highest BCUT2D eigenvalue weighted by molar-refractivity contribution is 7.90. The second-order valence-corrected chi connectivity index (χ2v) is 9.33. The summed E-state index contributed by atoms with van der Waals surface area (Å²) < 4.78 is 42.5. The molecular formula is C24H21FN2O2S. The minimum atomic E-state index is -3.85. The third-order valence-electron chi connectivity index (χ3n) is 5.66. The van der Waals surface area contributed by atoms with Crippen molar-refractivity contribution in [2.45, 2.75) is 17.7 Å². The molecule has 0 spiro atoms. The number of hydrogen-bond donors (Lipinski definition) is 1. The Morgan fingerprint density at radius 3 is 2.37 bits per heavy atom. The van der Waals surface area contributed by atoms with Gasteiger partial charge in [-0.05, 0) is 91.2 Å². The summed E-state index contributed by atoms with van der Waals surface area (Å²) in [5.41, 5.74) is 4.03. The maximum absolute atomic E-state index is 13.8. The summed E-state index contributed by atoms with van der Waals surface area (Å²) in [5.74, 6) is -0.358. The lowest BCUT2D eigenvalue weighted by Crippen LogP contribution is -2.16. The van der Waals surface area contributed by atoms with Gasteiger partial charge in [0.1, 0.15) is 5.82 Å². The Morgan fingerprint density at radius 1 is 0.833 bits per heavy atom. The van der Waals surface area contributed by atoms with E-state index in [1.54, 1.807) is 30.3 Å². The van der Waals surface area contributed by atoms with Gasteiger partial charge in [0.25, 0.3) is 10.0 Å². The Morgan fingerprint density at radius 2 is 1.57 bits per heavy atom. The van der Waals surface area contributed by atoms with Crippen molar-refractivity contribution in [1.82, 2.24) is 9.29 Å². The van der Waals surface area contributed by atoms with Crippen molar-refractivity contribution in [3.8, 4) is 11.3 Å². The first-order chi connectivity index (χ1) is 14.5. The number of benzene rings is 3. The topological polar surface area (TPSA) is 51.1 Å². The van der Waals surface area contributed by atoms with Crippen LogP contribution in [0.25, 0.3) is 22.2 Å². The van der Waals surface area contributed by atoms with Gasteiger partial charge in [-0.2, -0.15) is 0 Å². The second-order valence-electron chi connectivity index (χ2n) is 7.55. The molecule has 30 heavy (non-hydrogen) atoms. The molecule has 0 unspecified atom stereocenters. The molecule has 0 amide bonds. The number of para-hydroxylation sites is 1. The molecular weight excluding hydrogens is 399 g/mol. The third kappa shape index (κ3) is 3.22. The van der Waals surface area contributed by atoms with Crippen LogP contribution >= 0.6 is 0 Å². The molecule has 0 saturated carbocycles. The first-order valence-corrected chi connectivity index (χ1v) is 11.4. The van der Waals surface area contributed by atoms with Crippen molar-refractivity contribution in [2.75, 3.05) is 13.1 Å². The van der Waals surface area contributed by atoms with E-state index in [1.165, 1.54) is 21.7 Å². The fourth-order valence-electron chi connectivity index (χ4n) is 4.13. The summed E-state index contributed by atoms with van der Waals surface area (Å²) in [7, 11) is -3.85. The smallest absolute Gasteiger partial charge is 0.268 e. The van der Waals surface area contributed by atoms with Crippen LogP contribution in [0.2, 0.25) is 0 Å². The lowest BCUT2D eigenvalue weighted by molar-refractivity contribution is 0.589. The summed E-state index contributed by atoms with van der Waals surface area (Å²) >= 11 is 0. The van der Waals surface area contributed by atoms with Gasteiger partial charge in [0.05, 0.1) is 16.1 Å². The number of nitrogens with zero attached hydrogens (tertiary/aromatic N) is 1. The van der Waals surface area contributed by atoms with E-state index in [9.17, 15) is 12.8 Å². The molecule has 3 aromatic carbocycles. The van der Waals surface area contributed by atoms with Gasteiger partial charge in [0.15, 0.2) is 0 Å². The molecule has 1 aromatic heterocycles. The van der Waals surface area contributed by atoms with E-state index in [2.05, 4.69) is 5.32 Å². The van der Waals surface area contributed by atoms with Gasteiger partial charge in [-0.3, -0.25) is 0 Å². The van der Waals surface area contributed by atoms with Crippen LogP contribution in [0.5, 0.6) is 0 Å². The molecule has 4 aromatic rings. The van der Waals surface area contributed by atoms with Crippen molar-refractivity contribution < 1.29 is 12.8 Å². The summed E-state index contributed by atoms with van der Waals surface area (Å²) in [6.45, 7) is 1.74. The Hall–Kier alpha value is -2.96. The zero-order chi connectivity index (χ0) is 20.7. The summed E-state index contributed by atoms with van der Waals surface area (Å²) in [5, 5.41) is 4.17. The SMILES string of the molecule is O=S(=O)(c1ccc2c(c1)CCNCC2)n1c(-c2ccc(F)cc2)cc2ccccc21. The Bertz CT molecular complexity index is 1340. The molecule has 4 nitrogen and oxygen atoms in total. The minimum absolute atomic E-state index is 0.271. The van der Waals surface area contributed by atoms with Crippen molar-refractivity contribution in [1.29, 1.82) is 0 Å². The molecule has 0 atom stereocenters. The summed E-state index contributed by atoms with van der Waals surface area (Å²) in [4.78, 5) is 0.271. The van der Waals surface area contributed by atoms with Crippen LogP contribution in [0.4, 0.5) is 4.39 Å². The van der Waals surface area contributed by atoms with Crippen LogP contribution in [-0.4, -0.2) is 25.5 Å². The number of halogens is 1. The highest BCUT2D eigenvalue weighted by Crippen LogP contribution is 2.33. The van der Waals surface area contributed by atoms with Gasteiger partial charge in [-0.15, -0.1) is 0 Å². The van der Waals surface area contributed by atoms with E-state index in [0.717, 1.165) is 36.9 Å². The minimum Gasteiger partial charge on any atom is -0.316 e. The van der Waals surface area contributed by atoms with E-state index in [-0.39, 0.29) is 10.7 Å². The van der Waals surface area contributed by atoms with Gasteiger partial charge < -0.3 is 5.32 Å². The summed E-state index contributed by atoms with van der Waals surface area (Å²) in [6.07, 6.45) is 1.69. The van der Waals surface area contributed by atoms with Crippen molar-refractivity contribution in [2.24, 2.45) is 0 Å². The molecule has 2 heterocycles. The van der Waals surface area contributed by atoms with Crippen LogP contribution in [0.1, 0.15) is 11.1 Å². The van der Waals surface area contributed by atoms with Gasteiger partial charge in [0, 0.05) is 5.39 Å². The molecule has 1 aliphatic heterocycles. The Labute approximate surface area is 175 Å². The van der Waals surface area contributed by atoms with Crippen molar-refractivity contribution in [3.63, 3.8) is 0 Å². The highest BCUT2D eigenvalue weighted by atomic mass is 32.2. The lowest BCUT2D eigenvalue weighted by Gasteiger charge is -2.14. The first kappa shape index (κ1) is 19.0. The van der Waals surface area contributed by atoms with E-state index < -0.39 is 10.0 Å². The fraction of sp³-hybridized carbons (Fsp3) is 0.167.